The summed E-state index contributed by atoms with van der Waals surface area (Å²) < 4.78 is 7.08. The van der Waals surface area contributed by atoms with Gasteiger partial charge in [0.1, 0.15) is 5.75 Å². The highest BCUT2D eigenvalue weighted by molar-refractivity contribution is 5.80. The molecular weight excluding hydrogens is 302 g/mol. The first kappa shape index (κ1) is 16.1. The molecule has 0 aliphatic heterocycles. The Morgan fingerprint density at radius 2 is 2.00 bits per heavy atom. The molecule has 1 heterocycles. The van der Waals surface area contributed by atoms with Crippen molar-refractivity contribution in [1.29, 1.82) is 0 Å². The third-order valence-corrected chi connectivity index (χ3v) is 4.07. The molecule has 0 radical (unpaired) electrons. The van der Waals surface area contributed by atoms with E-state index in [1.165, 1.54) is 0 Å². The van der Waals surface area contributed by atoms with Gasteiger partial charge in [0.05, 0.1) is 25.4 Å². The van der Waals surface area contributed by atoms with Gasteiger partial charge >= 0.3 is 0 Å². The molecule has 0 aliphatic carbocycles. The fourth-order valence-electron chi connectivity index (χ4n) is 2.71. The standard InChI is InChI=1S/C19H21N3O2/c1-21(14-15-6-4-3-5-7-15)19(23)10-11-22-18-9-8-17(24-2)12-16(18)13-20-22/h3-9,12-13H,10-11,14H2,1-2H3. The third-order valence-electron chi connectivity index (χ3n) is 4.07. The molecule has 5 nitrogen and oxygen atoms in total. The number of hydrogen-bond donors (Lipinski definition) is 0. The molecule has 0 bridgehead atoms. The zero-order chi connectivity index (χ0) is 16.9. The monoisotopic (exact) mass is 323 g/mol. The molecule has 0 saturated heterocycles. The van der Waals surface area contributed by atoms with Crippen LogP contribution in [0, 0.1) is 0 Å². The Morgan fingerprint density at radius 1 is 1.21 bits per heavy atom. The Bertz CT molecular complexity index is 827. The minimum Gasteiger partial charge on any atom is -0.497 e. The fraction of sp³-hybridized carbons (Fsp3) is 0.263. The summed E-state index contributed by atoms with van der Waals surface area (Å²) in [6.45, 7) is 1.19. The van der Waals surface area contributed by atoms with Crippen LogP contribution in [0.15, 0.2) is 54.7 Å². The molecule has 0 unspecified atom stereocenters. The van der Waals surface area contributed by atoms with Crippen LogP contribution in [-0.2, 0) is 17.9 Å². The van der Waals surface area contributed by atoms with Crippen molar-refractivity contribution < 1.29 is 9.53 Å². The first-order chi connectivity index (χ1) is 11.7. The van der Waals surface area contributed by atoms with Crippen LogP contribution >= 0.6 is 0 Å². The number of aryl methyl sites for hydroxylation is 1. The van der Waals surface area contributed by atoms with E-state index in [1.807, 2.05) is 60.3 Å². The fourth-order valence-corrected chi connectivity index (χ4v) is 2.71. The van der Waals surface area contributed by atoms with Gasteiger partial charge in [-0.15, -0.1) is 0 Å². The van der Waals surface area contributed by atoms with Gasteiger partial charge in [0.15, 0.2) is 0 Å². The first-order valence-electron chi connectivity index (χ1n) is 7.95. The maximum absolute atomic E-state index is 12.3. The summed E-state index contributed by atoms with van der Waals surface area (Å²) in [6.07, 6.45) is 2.22. The Balaban J connectivity index is 1.62. The van der Waals surface area contributed by atoms with E-state index in [9.17, 15) is 4.79 Å². The van der Waals surface area contributed by atoms with Gasteiger partial charge in [-0.3, -0.25) is 9.48 Å². The molecule has 0 aliphatic rings. The van der Waals surface area contributed by atoms with Gasteiger partial charge in [-0.2, -0.15) is 5.10 Å². The minimum absolute atomic E-state index is 0.107. The van der Waals surface area contributed by atoms with E-state index >= 15 is 0 Å². The van der Waals surface area contributed by atoms with Crippen molar-refractivity contribution in [2.24, 2.45) is 0 Å². The van der Waals surface area contributed by atoms with E-state index in [0.29, 0.717) is 19.5 Å². The van der Waals surface area contributed by atoms with Crippen molar-refractivity contribution in [3.8, 4) is 5.75 Å². The zero-order valence-corrected chi connectivity index (χ0v) is 14.0. The molecule has 1 aromatic heterocycles. The lowest BCUT2D eigenvalue weighted by Gasteiger charge is -2.17. The smallest absolute Gasteiger partial charge is 0.224 e. The SMILES string of the molecule is COc1ccc2c(cnn2CCC(=O)N(C)Cc2ccccc2)c1. The van der Waals surface area contributed by atoms with Gasteiger partial charge in [-0.25, -0.2) is 0 Å². The molecule has 0 saturated carbocycles. The van der Waals surface area contributed by atoms with Crippen LogP contribution in [0.4, 0.5) is 0 Å². The summed E-state index contributed by atoms with van der Waals surface area (Å²) in [6, 6.07) is 15.8. The number of amides is 1. The lowest BCUT2D eigenvalue weighted by atomic mass is 10.2. The number of nitrogens with zero attached hydrogens (tertiary/aromatic N) is 3. The van der Waals surface area contributed by atoms with Crippen LogP contribution in [0.25, 0.3) is 10.9 Å². The maximum Gasteiger partial charge on any atom is 0.224 e. The van der Waals surface area contributed by atoms with Crippen LogP contribution in [0.3, 0.4) is 0 Å². The summed E-state index contributed by atoms with van der Waals surface area (Å²) >= 11 is 0. The molecule has 0 atom stereocenters. The van der Waals surface area contributed by atoms with E-state index in [4.69, 9.17) is 4.74 Å². The minimum atomic E-state index is 0.107. The molecule has 24 heavy (non-hydrogen) atoms. The van der Waals surface area contributed by atoms with E-state index in [1.54, 1.807) is 18.2 Å². The Labute approximate surface area is 141 Å². The maximum atomic E-state index is 12.3. The highest BCUT2D eigenvalue weighted by Gasteiger charge is 2.11. The number of benzene rings is 2. The number of methoxy groups -OCH3 is 1. The van der Waals surface area contributed by atoms with Crippen molar-refractivity contribution in [2.45, 2.75) is 19.5 Å². The van der Waals surface area contributed by atoms with Crippen LogP contribution in [-0.4, -0.2) is 34.7 Å². The zero-order valence-electron chi connectivity index (χ0n) is 14.0. The van der Waals surface area contributed by atoms with Gasteiger partial charge in [0.25, 0.3) is 0 Å². The highest BCUT2D eigenvalue weighted by atomic mass is 16.5. The lowest BCUT2D eigenvalue weighted by Crippen LogP contribution is -2.27. The second-order valence-electron chi connectivity index (χ2n) is 5.78. The van der Waals surface area contributed by atoms with E-state index in [0.717, 1.165) is 22.2 Å². The quantitative estimate of drug-likeness (QED) is 0.700. The summed E-state index contributed by atoms with van der Waals surface area (Å²) in [5, 5.41) is 5.39. The Kier molecular flexibility index (Phi) is 4.79. The molecule has 1 amide bonds. The van der Waals surface area contributed by atoms with Gasteiger partial charge in [0, 0.05) is 25.4 Å². The summed E-state index contributed by atoms with van der Waals surface area (Å²) in [4.78, 5) is 14.1. The number of carbonyl (C=O) groups excluding carboxylic acids is 1. The normalized spacial score (nSPS) is 10.8. The summed E-state index contributed by atoms with van der Waals surface area (Å²) in [7, 11) is 3.48. The average molecular weight is 323 g/mol. The molecular formula is C19H21N3O2. The number of aromatic nitrogens is 2. The Hall–Kier alpha value is -2.82. The van der Waals surface area contributed by atoms with E-state index in [2.05, 4.69) is 5.10 Å². The predicted octanol–water partition coefficient (Wildman–Crippen LogP) is 3.09. The molecule has 0 spiro atoms. The molecule has 3 rings (SSSR count). The molecule has 0 fully saturated rings. The van der Waals surface area contributed by atoms with E-state index < -0.39 is 0 Å². The molecule has 2 aromatic carbocycles. The Morgan fingerprint density at radius 3 is 2.75 bits per heavy atom. The van der Waals surface area contributed by atoms with Crippen LogP contribution in [0.5, 0.6) is 5.75 Å². The molecule has 0 N–H and O–H groups in total. The number of fused-ring (bicyclic) bond motifs is 1. The van der Waals surface area contributed by atoms with Crippen molar-refractivity contribution in [2.75, 3.05) is 14.2 Å². The number of rotatable bonds is 6. The van der Waals surface area contributed by atoms with Crippen molar-refractivity contribution in [3.05, 3.63) is 60.3 Å². The van der Waals surface area contributed by atoms with Crippen LogP contribution in [0.2, 0.25) is 0 Å². The van der Waals surface area contributed by atoms with Gasteiger partial charge in [-0.05, 0) is 23.8 Å². The first-order valence-corrected chi connectivity index (χ1v) is 7.95. The average Bonchev–Trinajstić information content (AvgIpc) is 3.02. The summed E-state index contributed by atoms with van der Waals surface area (Å²) in [5.74, 6) is 0.914. The van der Waals surface area contributed by atoms with Gasteiger partial charge < -0.3 is 9.64 Å². The molecule has 124 valence electrons. The van der Waals surface area contributed by atoms with Crippen LogP contribution < -0.4 is 4.74 Å². The second-order valence-corrected chi connectivity index (χ2v) is 5.78. The van der Waals surface area contributed by atoms with Crippen LogP contribution in [0.1, 0.15) is 12.0 Å². The third kappa shape index (κ3) is 3.56. The molecule has 3 aromatic rings. The van der Waals surface area contributed by atoms with Crippen molar-refractivity contribution in [3.63, 3.8) is 0 Å². The van der Waals surface area contributed by atoms with Crippen molar-refractivity contribution in [1.82, 2.24) is 14.7 Å². The molecule has 5 heteroatoms. The largest absolute Gasteiger partial charge is 0.497 e. The predicted molar refractivity (Wildman–Crippen MR) is 93.8 cm³/mol. The number of hydrogen-bond acceptors (Lipinski definition) is 3. The van der Waals surface area contributed by atoms with Gasteiger partial charge in [0.2, 0.25) is 5.91 Å². The van der Waals surface area contributed by atoms with E-state index in [-0.39, 0.29) is 5.91 Å². The topological polar surface area (TPSA) is 47.4 Å². The highest BCUT2D eigenvalue weighted by Crippen LogP contribution is 2.20. The number of carbonyl (C=O) groups is 1. The number of ether oxygens (including phenoxy) is 1. The summed E-state index contributed by atoms with van der Waals surface area (Å²) in [5.41, 5.74) is 2.14. The van der Waals surface area contributed by atoms with Gasteiger partial charge in [-0.1, -0.05) is 30.3 Å². The second kappa shape index (κ2) is 7.17. The lowest BCUT2D eigenvalue weighted by molar-refractivity contribution is -0.130. The van der Waals surface area contributed by atoms with Crippen molar-refractivity contribution >= 4 is 16.8 Å².